The second-order valence-corrected chi connectivity index (χ2v) is 5.82. The Labute approximate surface area is 109 Å². The van der Waals surface area contributed by atoms with Crippen LogP contribution in [0.15, 0.2) is 24.3 Å². The van der Waals surface area contributed by atoms with Crippen molar-refractivity contribution in [3.63, 3.8) is 0 Å². The molecule has 0 radical (unpaired) electrons. The molecule has 1 aromatic carbocycles. The lowest BCUT2D eigenvalue weighted by molar-refractivity contribution is 0.0294. The van der Waals surface area contributed by atoms with Crippen molar-refractivity contribution in [2.75, 3.05) is 13.7 Å². The summed E-state index contributed by atoms with van der Waals surface area (Å²) in [6.45, 7) is 7.15. The number of hydrogen-bond acceptors (Lipinski definition) is 2. The van der Waals surface area contributed by atoms with Gasteiger partial charge in [0.1, 0.15) is 12.4 Å². The van der Waals surface area contributed by atoms with Gasteiger partial charge in [-0.3, -0.25) is 0 Å². The predicted octanol–water partition coefficient (Wildman–Crippen LogP) is 4.17. The van der Waals surface area contributed by atoms with E-state index in [0.717, 1.165) is 17.2 Å². The second kappa shape index (κ2) is 6.27. The van der Waals surface area contributed by atoms with Crippen LogP contribution in [0.1, 0.15) is 27.2 Å². The Kier molecular flexibility index (Phi) is 5.29. The van der Waals surface area contributed by atoms with Crippen LogP contribution in [0.25, 0.3) is 0 Å². The molecular weight excluding hydrogens is 236 g/mol. The molecule has 0 amide bonds. The number of hydrogen-bond donors (Lipinski definition) is 0. The first-order valence-electron chi connectivity index (χ1n) is 5.82. The van der Waals surface area contributed by atoms with Gasteiger partial charge in [-0.1, -0.05) is 32.4 Å². The van der Waals surface area contributed by atoms with Gasteiger partial charge in [-0.15, -0.1) is 0 Å². The molecule has 1 atom stereocenters. The Morgan fingerprint density at radius 1 is 1.18 bits per heavy atom. The number of benzene rings is 1. The molecule has 96 valence electrons. The summed E-state index contributed by atoms with van der Waals surface area (Å²) in [4.78, 5) is 0. The van der Waals surface area contributed by atoms with Crippen LogP contribution in [0.2, 0.25) is 5.02 Å². The molecule has 1 rings (SSSR count). The molecule has 17 heavy (non-hydrogen) atoms. The van der Waals surface area contributed by atoms with Crippen LogP contribution in [0, 0.1) is 5.41 Å². The Bertz CT molecular complexity index is 327. The largest absolute Gasteiger partial charge is 0.491 e. The molecular formula is C14H21ClO2. The summed E-state index contributed by atoms with van der Waals surface area (Å²) >= 11 is 5.81. The summed E-state index contributed by atoms with van der Waals surface area (Å²) in [5, 5.41) is 0.718. The average Bonchev–Trinajstić information content (AvgIpc) is 2.25. The lowest BCUT2D eigenvalue weighted by Crippen LogP contribution is -2.26. The summed E-state index contributed by atoms with van der Waals surface area (Å²) < 4.78 is 11.1. The van der Waals surface area contributed by atoms with Crippen LogP contribution in [-0.2, 0) is 4.74 Å². The fourth-order valence-corrected chi connectivity index (χ4v) is 1.74. The van der Waals surface area contributed by atoms with Gasteiger partial charge in [0.2, 0.25) is 0 Å². The molecule has 0 aliphatic rings. The van der Waals surface area contributed by atoms with E-state index in [1.807, 2.05) is 24.3 Å². The van der Waals surface area contributed by atoms with Crippen LogP contribution in [0.3, 0.4) is 0 Å². The topological polar surface area (TPSA) is 18.5 Å². The van der Waals surface area contributed by atoms with E-state index >= 15 is 0 Å². The van der Waals surface area contributed by atoms with E-state index in [1.54, 1.807) is 7.11 Å². The summed E-state index contributed by atoms with van der Waals surface area (Å²) in [6, 6.07) is 7.38. The molecule has 0 fully saturated rings. The lowest BCUT2D eigenvalue weighted by Gasteiger charge is -2.25. The molecule has 0 bridgehead atoms. The van der Waals surface area contributed by atoms with Crippen molar-refractivity contribution in [3.05, 3.63) is 29.3 Å². The van der Waals surface area contributed by atoms with Gasteiger partial charge < -0.3 is 9.47 Å². The van der Waals surface area contributed by atoms with E-state index in [-0.39, 0.29) is 11.5 Å². The minimum atomic E-state index is 0.116. The maximum atomic E-state index is 5.81. The van der Waals surface area contributed by atoms with Crippen LogP contribution < -0.4 is 4.74 Å². The van der Waals surface area contributed by atoms with Gasteiger partial charge in [-0.2, -0.15) is 0 Å². The molecule has 0 spiro atoms. The SMILES string of the molecule is COC(COc1ccc(Cl)cc1)CC(C)(C)C. The average molecular weight is 257 g/mol. The first-order chi connectivity index (χ1) is 7.90. The van der Waals surface area contributed by atoms with Gasteiger partial charge in [-0.25, -0.2) is 0 Å². The quantitative estimate of drug-likeness (QED) is 0.787. The molecule has 0 aromatic heterocycles. The summed E-state index contributed by atoms with van der Waals surface area (Å²) in [6.07, 6.45) is 1.09. The highest BCUT2D eigenvalue weighted by Crippen LogP contribution is 2.23. The maximum absolute atomic E-state index is 5.81. The van der Waals surface area contributed by atoms with Gasteiger partial charge >= 0.3 is 0 Å². The summed E-state index contributed by atoms with van der Waals surface area (Å²) in [5.41, 5.74) is 0.240. The van der Waals surface area contributed by atoms with Crippen LogP contribution in [0.4, 0.5) is 0 Å². The zero-order valence-electron chi connectivity index (χ0n) is 11.0. The predicted molar refractivity (Wildman–Crippen MR) is 71.8 cm³/mol. The second-order valence-electron chi connectivity index (χ2n) is 5.39. The van der Waals surface area contributed by atoms with Crippen LogP contribution in [-0.4, -0.2) is 19.8 Å². The molecule has 0 aliphatic heterocycles. The van der Waals surface area contributed by atoms with Gasteiger partial charge in [0.15, 0.2) is 0 Å². The number of methoxy groups -OCH3 is 1. The van der Waals surface area contributed by atoms with Crippen LogP contribution >= 0.6 is 11.6 Å². The summed E-state index contributed by atoms with van der Waals surface area (Å²) in [7, 11) is 1.72. The fraction of sp³-hybridized carbons (Fsp3) is 0.571. The smallest absolute Gasteiger partial charge is 0.119 e. The first-order valence-corrected chi connectivity index (χ1v) is 6.20. The Hall–Kier alpha value is -0.730. The standard InChI is InChI=1S/C14H21ClO2/c1-14(2,3)9-13(16-4)10-17-12-7-5-11(15)6-8-12/h5-8,13H,9-10H2,1-4H3. The van der Waals surface area contributed by atoms with Crippen molar-refractivity contribution in [1.29, 1.82) is 0 Å². The Morgan fingerprint density at radius 3 is 2.24 bits per heavy atom. The Morgan fingerprint density at radius 2 is 1.76 bits per heavy atom. The minimum absolute atomic E-state index is 0.116. The van der Waals surface area contributed by atoms with Crippen molar-refractivity contribution in [2.24, 2.45) is 5.41 Å². The molecule has 0 heterocycles. The van der Waals surface area contributed by atoms with Crippen molar-refractivity contribution >= 4 is 11.6 Å². The van der Waals surface area contributed by atoms with Crippen LogP contribution in [0.5, 0.6) is 5.75 Å². The lowest BCUT2D eigenvalue weighted by atomic mass is 9.89. The van der Waals surface area contributed by atoms with E-state index < -0.39 is 0 Å². The number of rotatable bonds is 5. The van der Waals surface area contributed by atoms with Crippen molar-refractivity contribution in [2.45, 2.75) is 33.3 Å². The molecule has 1 unspecified atom stereocenters. The third-order valence-corrected chi connectivity index (χ3v) is 2.67. The molecule has 0 N–H and O–H groups in total. The van der Waals surface area contributed by atoms with Gasteiger partial charge in [0.25, 0.3) is 0 Å². The monoisotopic (exact) mass is 256 g/mol. The van der Waals surface area contributed by atoms with E-state index in [1.165, 1.54) is 0 Å². The summed E-state index contributed by atoms with van der Waals surface area (Å²) in [5.74, 6) is 0.824. The van der Waals surface area contributed by atoms with E-state index in [9.17, 15) is 0 Å². The van der Waals surface area contributed by atoms with E-state index in [0.29, 0.717) is 6.61 Å². The van der Waals surface area contributed by atoms with E-state index in [4.69, 9.17) is 21.1 Å². The highest BCUT2D eigenvalue weighted by Gasteiger charge is 2.18. The molecule has 2 nitrogen and oxygen atoms in total. The third kappa shape index (κ3) is 5.94. The Balaban J connectivity index is 2.45. The minimum Gasteiger partial charge on any atom is -0.491 e. The maximum Gasteiger partial charge on any atom is 0.119 e. The highest BCUT2D eigenvalue weighted by molar-refractivity contribution is 6.30. The van der Waals surface area contributed by atoms with Crippen molar-refractivity contribution in [3.8, 4) is 5.75 Å². The molecule has 0 saturated carbocycles. The highest BCUT2D eigenvalue weighted by atomic mass is 35.5. The zero-order chi connectivity index (χ0) is 12.9. The first kappa shape index (κ1) is 14.3. The van der Waals surface area contributed by atoms with Crippen molar-refractivity contribution < 1.29 is 9.47 Å². The van der Waals surface area contributed by atoms with E-state index in [2.05, 4.69) is 20.8 Å². The number of halogens is 1. The zero-order valence-corrected chi connectivity index (χ0v) is 11.8. The van der Waals surface area contributed by atoms with Gasteiger partial charge in [0.05, 0.1) is 6.10 Å². The van der Waals surface area contributed by atoms with Gasteiger partial charge in [0, 0.05) is 12.1 Å². The molecule has 0 saturated heterocycles. The normalized spacial score (nSPS) is 13.5. The molecule has 3 heteroatoms. The third-order valence-electron chi connectivity index (χ3n) is 2.42. The number of ether oxygens (including phenoxy) is 2. The molecule has 1 aromatic rings. The fourth-order valence-electron chi connectivity index (χ4n) is 1.61. The molecule has 0 aliphatic carbocycles. The van der Waals surface area contributed by atoms with Gasteiger partial charge in [-0.05, 0) is 36.1 Å². The van der Waals surface area contributed by atoms with Crippen molar-refractivity contribution in [1.82, 2.24) is 0 Å².